The van der Waals surface area contributed by atoms with Gasteiger partial charge in [0.2, 0.25) is 0 Å². The molecule has 0 aliphatic rings. The van der Waals surface area contributed by atoms with Gasteiger partial charge in [0.05, 0.1) is 0 Å². The Morgan fingerprint density at radius 3 is 2.60 bits per heavy atom. The lowest BCUT2D eigenvalue weighted by atomic mass is 9.98. The maximum Gasteiger partial charge on any atom is 0.164 e. The third kappa shape index (κ3) is 3.43. The second kappa shape index (κ2) is 5.42. The lowest BCUT2D eigenvalue weighted by Crippen LogP contribution is -2.08. The van der Waals surface area contributed by atoms with Gasteiger partial charge >= 0.3 is 0 Å². The predicted molar refractivity (Wildman–Crippen MR) is 66.2 cm³/mol. The molecule has 82 valence electrons. The summed E-state index contributed by atoms with van der Waals surface area (Å²) in [6.45, 7) is 4.63. The molecule has 0 aromatic heterocycles. The third-order valence-corrected chi connectivity index (χ3v) is 2.74. The molecular weight excluding hydrogens is 254 g/mol. The average Bonchev–Trinajstić information content (AvgIpc) is 2.17. The first-order chi connectivity index (χ1) is 7.04. The van der Waals surface area contributed by atoms with Gasteiger partial charge in [0.25, 0.3) is 0 Å². The summed E-state index contributed by atoms with van der Waals surface area (Å²) in [7, 11) is 0. The quantitative estimate of drug-likeness (QED) is 0.854. The molecule has 15 heavy (non-hydrogen) atoms. The van der Waals surface area contributed by atoms with Crippen LogP contribution in [0.25, 0.3) is 0 Å². The van der Waals surface area contributed by atoms with Crippen molar-refractivity contribution in [2.24, 2.45) is 5.73 Å². The second-order valence-electron chi connectivity index (χ2n) is 3.89. The van der Waals surface area contributed by atoms with Crippen molar-refractivity contribution >= 4 is 21.7 Å². The SMILES string of the molecule is CC(C)c1cc(Br)cc(C(=O)CCN)c1. The normalized spacial score (nSPS) is 10.7. The van der Waals surface area contributed by atoms with E-state index in [4.69, 9.17) is 5.73 Å². The van der Waals surface area contributed by atoms with Crippen LogP contribution >= 0.6 is 15.9 Å². The fourth-order valence-corrected chi connectivity index (χ4v) is 1.89. The molecule has 0 bridgehead atoms. The Kier molecular flexibility index (Phi) is 4.48. The van der Waals surface area contributed by atoms with Gasteiger partial charge in [0.1, 0.15) is 0 Å². The van der Waals surface area contributed by atoms with Crippen LogP contribution in [0.3, 0.4) is 0 Å². The number of hydrogen-bond donors (Lipinski definition) is 1. The van der Waals surface area contributed by atoms with Crippen LogP contribution in [0.5, 0.6) is 0 Å². The van der Waals surface area contributed by atoms with E-state index in [-0.39, 0.29) is 5.78 Å². The maximum absolute atomic E-state index is 11.7. The van der Waals surface area contributed by atoms with Crippen molar-refractivity contribution in [2.45, 2.75) is 26.2 Å². The largest absolute Gasteiger partial charge is 0.330 e. The van der Waals surface area contributed by atoms with E-state index in [2.05, 4.69) is 29.8 Å². The number of halogens is 1. The molecule has 0 unspecified atom stereocenters. The molecule has 0 radical (unpaired) electrons. The van der Waals surface area contributed by atoms with Crippen LogP contribution in [0.1, 0.15) is 42.1 Å². The first-order valence-corrected chi connectivity index (χ1v) is 5.87. The zero-order valence-corrected chi connectivity index (χ0v) is 10.7. The Balaban J connectivity index is 3.03. The number of carbonyl (C=O) groups is 1. The van der Waals surface area contributed by atoms with Crippen LogP contribution in [0.4, 0.5) is 0 Å². The summed E-state index contributed by atoms with van der Waals surface area (Å²) in [5.41, 5.74) is 7.29. The summed E-state index contributed by atoms with van der Waals surface area (Å²) < 4.78 is 0.953. The standard InChI is InChI=1S/C12H16BrNO/c1-8(2)9-5-10(7-11(13)6-9)12(15)3-4-14/h5-8H,3-4,14H2,1-2H3. The number of benzene rings is 1. The highest BCUT2D eigenvalue weighted by Gasteiger charge is 2.08. The Morgan fingerprint density at radius 2 is 2.07 bits per heavy atom. The van der Waals surface area contributed by atoms with Crippen molar-refractivity contribution in [1.82, 2.24) is 0 Å². The third-order valence-electron chi connectivity index (χ3n) is 2.28. The van der Waals surface area contributed by atoms with Gasteiger partial charge in [-0.15, -0.1) is 0 Å². The molecule has 0 saturated carbocycles. The van der Waals surface area contributed by atoms with Crippen LogP contribution in [-0.4, -0.2) is 12.3 Å². The minimum atomic E-state index is 0.112. The molecular formula is C12H16BrNO. The molecule has 1 aromatic carbocycles. The molecule has 1 rings (SSSR count). The van der Waals surface area contributed by atoms with Crippen LogP contribution in [0.15, 0.2) is 22.7 Å². The van der Waals surface area contributed by atoms with Gasteiger partial charge in [0.15, 0.2) is 5.78 Å². The average molecular weight is 270 g/mol. The summed E-state index contributed by atoms with van der Waals surface area (Å²) in [6.07, 6.45) is 0.411. The molecule has 2 nitrogen and oxygen atoms in total. The zero-order chi connectivity index (χ0) is 11.4. The lowest BCUT2D eigenvalue weighted by molar-refractivity contribution is 0.0985. The van der Waals surface area contributed by atoms with Gasteiger partial charge in [-0.05, 0) is 36.2 Å². The number of nitrogens with two attached hydrogens (primary N) is 1. The fourth-order valence-electron chi connectivity index (χ4n) is 1.38. The smallest absolute Gasteiger partial charge is 0.164 e. The van der Waals surface area contributed by atoms with Crippen molar-refractivity contribution in [3.8, 4) is 0 Å². The Hall–Kier alpha value is -0.670. The van der Waals surface area contributed by atoms with Crippen molar-refractivity contribution in [3.05, 3.63) is 33.8 Å². The summed E-state index contributed by atoms with van der Waals surface area (Å²) in [6, 6.07) is 5.85. The van der Waals surface area contributed by atoms with E-state index in [0.29, 0.717) is 18.9 Å². The van der Waals surface area contributed by atoms with Gasteiger partial charge in [-0.25, -0.2) is 0 Å². The van der Waals surface area contributed by atoms with E-state index in [1.54, 1.807) is 0 Å². The van der Waals surface area contributed by atoms with Crippen molar-refractivity contribution < 1.29 is 4.79 Å². The minimum Gasteiger partial charge on any atom is -0.330 e. The molecule has 0 spiro atoms. The Labute approximate surface area is 99.0 Å². The number of ketones is 1. The number of rotatable bonds is 4. The summed E-state index contributed by atoms with van der Waals surface area (Å²) in [4.78, 5) is 11.7. The Morgan fingerprint density at radius 1 is 1.40 bits per heavy atom. The number of Topliss-reactive ketones (excluding diaryl/α,β-unsaturated/α-hetero) is 1. The van der Waals surface area contributed by atoms with E-state index < -0.39 is 0 Å². The highest BCUT2D eigenvalue weighted by molar-refractivity contribution is 9.10. The summed E-state index contributed by atoms with van der Waals surface area (Å²) in [5, 5.41) is 0. The molecule has 0 saturated heterocycles. The molecule has 3 heteroatoms. The fraction of sp³-hybridized carbons (Fsp3) is 0.417. The van der Waals surface area contributed by atoms with E-state index in [9.17, 15) is 4.79 Å². The summed E-state index contributed by atoms with van der Waals surface area (Å²) >= 11 is 3.42. The first-order valence-electron chi connectivity index (χ1n) is 5.08. The monoisotopic (exact) mass is 269 g/mol. The van der Waals surface area contributed by atoms with E-state index in [0.717, 1.165) is 10.0 Å². The van der Waals surface area contributed by atoms with Crippen LogP contribution in [0.2, 0.25) is 0 Å². The number of carbonyl (C=O) groups excluding carboxylic acids is 1. The topological polar surface area (TPSA) is 43.1 Å². The molecule has 0 heterocycles. The van der Waals surface area contributed by atoms with Crippen LogP contribution in [-0.2, 0) is 0 Å². The van der Waals surface area contributed by atoms with Crippen LogP contribution in [0, 0.1) is 0 Å². The molecule has 1 aromatic rings. The highest BCUT2D eigenvalue weighted by Crippen LogP contribution is 2.22. The Bertz CT molecular complexity index is 361. The van der Waals surface area contributed by atoms with E-state index in [1.165, 1.54) is 5.56 Å². The highest BCUT2D eigenvalue weighted by atomic mass is 79.9. The molecule has 0 fully saturated rings. The van der Waals surface area contributed by atoms with E-state index >= 15 is 0 Å². The minimum absolute atomic E-state index is 0.112. The molecule has 0 aliphatic carbocycles. The van der Waals surface area contributed by atoms with Crippen molar-refractivity contribution in [3.63, 3.8) is 0 Å². The lowest BCUT2D eigenvalue weighted by Gasteiger charge is -2.08. The second-order valence-corrected chi connectivity index (χ2v) is 4.81. The van der Waals surface area contributed by atoms with Gasteiger partial charge in [-0.2, -0.15) is 0 Å². The molecule has 2 N–H and O–H groups in total. The number of hydrogen-bond acceptors (Lipinski definition) is 2. The van der Waals surface area contributed by atoms with E-state index in [1.807, 2.05) is 18.2 Å². The van der Waals surface area contributed by atoms with Crippen molar-refractivity contribution in [2.75, 3.05) is 6.54 Å². The predicted octanol–water partition coefficient (Wildman–Crippen LogP) is 3.10. The van der Waals surface area contributed by atoms with Gasteiger partial charge in [0, 0.05) is 16.5 Å². The summed E-state index contributed by atoms with van der Waals surface area (Å²) in [5.74, 6) is 0.535. The van der Waals surface area contributed by atoms with Crippen molar-refractivity contribution in [1.29, 1.82) is 0 Å². The van der Waals surface area contributed by atoms with Gasteiger partial charge < -0.3 is 5.73 Å². The maximum atomic E-state index is 11.7. The molecule has 0 aliphatic heterocycles. The molecule has 0 amide bonds. The van der Waals surface area contributed by atoms with Gasteiger partial charge in [-0.3, -0.25) is 4.79 Å². The van der Waals surface area contributed by atoms with Gasteiger partial charge in [-0.1, -0.05) is 29.8 Å². The molecule has 0 atom stereocenters. The zero-order valence-electron chi connectivity index (χ0n) is 9.09. The first kappa shape index (κ1) is 12.4. The van der Waals surface area contributed by atoms with Crippen LogP contribution < -0.4 is 5.73 Å².